The first-order chi connectivity index (χ1) is 13.4. The van der Waals surface area contributed by atoms with Gasteiger partial charge in [0.2, 0.25) is 5.75 Å². The molecule has 9 nitrogen and oxygen atoms in total. The van der Waals surface area contributed by atoms with Crippen molar-refractivity contribution >= 4 is 5.91 Å². The van der Waals surface area contributed by atoms with Crippen LogP contribution in [0.4, 0.5) is 0 Å². The van der Waals surface area contributed by atoms with Crippen LogP contribution < -0.4 is 20.3 Å². The largest absolute Gasteiger partial charge is 0.501 e. The van der Waals surface area contributed by atoms with Crippen molar-refractivity contribution < 1.29 is 24.1 Å². The van der Waals surface area contributed by atoms with Crippen molar-refractivity contribution in [3.05, 3.63) is 45.6 Å². The topological polar surface area (TPSA) is 112 Å². The molecule has 2 aliphatic rings. The molecule has 0 radical (unpaired) electrons. The van der Waals surface area contributed by atoms with Crippen LogP contribution in [0.5, 0.6) is 17.2 Å². The fraction of sp³-hybridized carbons (Fsp3) is 0.421. The van der Waals surface area contributed by atoms with Gasteiger partial charge in [-0.25, -0.2) is 4.98 Å². The van der Waals surface area contributed by atoms with Crippen LogP contribution in [0.15, 0.2) is 23.0 Å². The Balaban J connectivity index is 1.61. The lowest BCUT2D eigenvalue weighted by Gasteiger charge is -2.32. The number of amides is 1. The summed E-state index contributed by atoms with van der Waals surface area (Å²) >= 11 is 0. The van der Waals surface area contributed by atoms with E-state index in [1.165, 1.54) is 4.57 Å². The molecule has 3 heterocycles. The standard InChI is InChI=1S/C19H21N3O6/c1-19(2)18-21-13(14(23)17(25)22(18)6-7-28-19)16(24)20-10-11-4-3-5-12-15(11)27-9-8-26-12/h3-5,23H,6-10H2,1-2H3,(H,20,24). The molecule has 1 amide bonds. The van der Waals surface area contributed by atoms with Crippen molar-refractivity contribution in [2.24, 2.45) is 0 Å². The molecular weight excluding hydrogens is 366 g/mol. The number of carbonyl (C=O) groups excluding carboxylic acids is 1. The van der Waals surface area contributed by atoms with Gasteiger partial charge in [0.25, 0.3) is 11.5 Å². The molecule has 0 fully saturated rings. The van der Waals surface area contributed by atoms with Gasteiger partial charge in [0.15, 0.2) is 17.2 Å². The summed E-state index contributed by atoms with van der Waals surface area (Å²) in [4.78, 5) is 29.4. The Morgan fingerprint density at radius 1 is 1.29 bits per heavy atom. The lowest BCUT2D eigenvalue weighted by atomic mass is 10.1. The number of hydrogen-bond acceptors (Lipinski definition) is 7. The van der Waals surface area contributed by atoms with Crippen LogP contribution in [0.1, 0.15) is 35.7 Å². The lowest BCUT2D eigenvalue weighted by Crippen LogP contribution is -2.42. The van der Waals surface area contributed by atoms with Crippen molar-refractivity contribution in [3.63, 3.8) is 0 Å². The first-order valence-corrected chi connectivity index (χ1v) is 9.02. The van der Waals surface area contributed by atoms with Gasteiger partial charge in [0, 0.05) is 12.1 Å². The summed E-state index contributed by atoms with van der Waals surface area (Å²) in [6, 6.07) is 5.40. The molecule has 2 aliphatic heterocycles. The van der Waals surface area contributed by atoms with Crippen LogP contribution in [0.25, 0.3) is 0 Å². The molecule has 0 atom stereocenters. The Morgan fingerprint density at radius 3 is 2.89 bits per heavy atom. The molecule has 0 aliphatic carbocycles. The van der Waals surface area contributed by atoms with E-state index in [-0.39, 0.29) is 18.8 Å². The number of aromatic hydroxyl groups is 1. The van der Waals surface area contributed by atoms with Gasteiger partial charge >= 0.3 is 0 Å². The molecule has 9 heteroatoms. The number of carbonyl (C=O) groups is 1. The number of nitrogens with zero attached hydrogens (tertiary/aromatic N) is 2. The van der Waals surface area contributed by atoms with Crippen LogP contribution >= 0.6 is 0 Å². The van der Waals surface area contributed by atoms with Crippen LogP contribution in [-0.2, 0) is 23.4 Å². The summed E-state index contributed by atoms with van der Waals surface area (Å²) in [5, 5.41) is 12.9. The highest BCUT2D eigenvalue weighted by Crippen LogP contribution is 2.33. The Kier molecular flexibility index (Phi) is 4.46. The van der Waals surface area contributed by atoms with E-state index in [9.17, 15) is 14.7 Å². The van der Waals surface area contributed by atoms with Gasteiger partial charge in [0.05, 0.1) is 13.2 Å². The van der Waals surface area contributed by atoms with Gasteiger partial charge in [-0.1, -0.05) is 12.1 Å². The highest BCUT2D eigenvalue weighted by molar-refractivity contribution is 5.94. The highest BCUT2D eigenvalue weighted by Gasteiger charge is 2.34. The fourth-order valence-corrected chi connectivity index (χ4v) is 3.36. The van der Waals surface area contributed by atoms with E-state index in [1.54, 1.807) is 32.0 Å². The Morgan fingerprint density at radius 2 is 2.07 bits per heavy atom. The summed E-state index contributed by atoms with van der Waals surface area (Å²) < 4.78 is 18.1. The van der Waals surface area contributed by atoms with Gasteiger partial charge in [0.1, 0.15) is 24.6 Å². The maximum atomic E-state index is 12.7. The number of rotatable bonds is 3. The molecule has 4 rings (SSSR count). The van der Waals surface area contributed by atoms with Crippen LogP contribution in [0, 0.1) is 0 Å². The van der Waals surface area contributed by atoms with Crippen molar-refractivity contribution in [1.29, 1.82) is 0 Å². The highest BCUT2D eigenvalue weighted by atomic mass is 16.6. The van der Waals surface area contributed by atoms with Crippen molar-refractivity contribution in [3.8, 4) is 17.2 Å². The molecule has 2 N–H and O–H groups in total. The average Bonchev–Trinajstić information content (AvgIpc) is 2.68. The van der Waals surface area contributed by atoms with E-state index >= 15 is 0 Å². The molecule has 2 aromatic rings. The first-order valence-electron chi connectivity index (χ1n) is 9.02. The molecule has 1 aromatic carbocycles. The van der Waals surface area contributed by atoms with Gasteiger partial charge in [-0.05, 0) is 19.9 Å². The third-order valence-electron chi connectivity index (χ3n) is 4.76. The number of aromatic nitrogens is 2. The summed E-state index contributed by atoms with van der Waals surface area (Å²) in [6.07, 6.45) is 0. The van der Waals surface area contributed by atoms with Crippen molar-refractivity contribution in [2.45, 2.75) is 32.5 Å². The molecule has 0 unspecified atom stereocenters. The number of nitrogens with one attached hydrogen (secondary N) is 1. The summed E-state index contributed by atoms with van der Waals surface area (Å²) in [6.45, 7) is 5.15. The Labute approximate surface area is 160 Å². The molecule has 28 heavy (non-hydrogen) atoms. The quantitative estimate of drug-likeness (QED) is 0.805. The summed E-state index contributed by atoms with van der Waals surface area (Å²) in [5.74, 6) is 0.166. The van der Waals surface area contributed by atoms with E-state index in [2.05, 4.69) is 10.3 Å². The maximum Gasteiger partial charge on any atom is 0.296 e. The number of ether oxygens (including phenoxy) is 3. The molecule has 0 bridgehead atoms. The predicted octanol–water partition coefficient (Wildman–Crippen LogP) is 0.915. The third-order valence-corrected chi connectivity index (χ3v) is 4.76. The zero-order valence-electron chi connectivity index (χ0n) is 15.7. The van der Waals surface area contributed by atoms with E-state index in [4.69, 9.17) is 14.2 Å². The fourth-order valence-electron chi connectivity index (χ4n) is 3.36. The van der Waals surface area contributed by atoms with Gasteiger partial charge in [-0.2, -0.15) is 0 Å². The van der Waals surface area contributed by atoms with Gasteiger partial charge < -0.3 is 24.6 Å². The molecule has 0 saturated carbocycles. The molecule has 0 saturated heterocycles. The number of benzene rings is 1. The van der Waals surface area contributed by atoms with Crippen LogP contribution in [-0.4, -0.2) is 40.4 Å². The average molecular weight is 387 g/mol. The number of para-hydroxylation sites is 1. The van der Waals surface area contributed by atoms with Crippen LogP contribution in [0.3, 0.4) is 0 Å². The zero-order valence-corrected chi connectivity index (χ0v) is 15.7. The lowest BCUT2D eigenvalue weighted by molar-refractivity contribution is -0.0566. The van der Waals surface area contributed by atoms with Crippen LogP contribution in [0.2, 0.25) is 0 Å². The second-order valence-corrected chi connectivity index (χ2v) is 7.07. The smallest absolute Gasteiger partial charge is 0.296 e. The minimum Gasteiger partial charge on any atom is -0.501 e. The minimum absolute atomic E-state index is 0.130. The molecule has 0 spiro atoms. The van der Waals surface area contributed by atoms with E-state index in [1.807, 2.05) is 0 Å². The molecular formula is C19H21N3O6. The summed E-state index contributed by atoms with van der Waals surface area (Å²) in [7, 11) is 0. The van der Waals surface area contributed by atoms with Gasteiger partial charge in [-0.3, -0.25) is 14.2 Å². The molecule has 1 aromatic heterocycles. The number of hydrogen-bond donors (Lipinski definition) is 2. The third kappa shape index (κ3) is 3.07. The van der Waals surface area contributed by atoms with Crippen molar-refractivity contribution in [1.82, 2.24) is 14.9 Å². The minimum atomic E-state index is -0.843. The van der Waals surface area contributed by atoms with E-state index < -0.39 is 22.8 Å². The van der Waals surface area contributed by atoms with E-state index in [0.717, 1.165) is 5.56 Å². The normalized spacial score (nSPS) is 16.9. The van der Waals surface area contributed by atoms with Crippen molar-refractivity contribution in [2.75, 3.05) is 19.8 Å². The zero-order chi connectivity index (χ0) is 19.9. The number of fused-ring (bicyclic) bond motifs is 2. The molecule has 148 valence electrons. The maximum absolute atomic E-state index is 12.7. The SMILES string of the molecule is CC1(C)OCCn2c1nc(C(=O)NCc1cccc3c1OCCO3)c(O)c2=O. The Bertz CT molecular complexity index is 998. The second-order valence-electron chi connectivity index (χ2n) is 7.07. The summed E-state index contributed by atoms with van der Waals surface area (Å²) in [5.41, 5.74) is -1.09. The van der Waals surface area contributed by atoms with Gasteiger partial charge in [-0.15, -0.1) is 0 Å². The second kappa shape index (κ2) is 6.83. The predicted molar refractivity (Wildman–Crippen MR) is 97.7 cm³/mol. The Hall–Kier alpha value is -3.07. The monoisotopic (exact) mass is 387 g/mol. The van der Waals surface area contributed by atoms with E-state index in [0.29, 0.717) is 37.1 Å². The first kappa shape index (κ1) is 18.3.